The van der Waals surface area contributed by atoms with Gasteiger partial charge in [0.1, 0.15) is 10.7 Å². The molecule has 0 aliphatic carbocycles. The van der Waals surface area contributed by atoms with Gasteiger partial charge >= 0.3 is 0 Å². The fraction of sp³-hybridized carbons (Fsp3) is 0.364. The first kappa shape index (κ1) is 18.3. The number of thiol groups is 1. The van der Waals surface area contributed by atoms with Crippen LogP contribution in [0.5, 0.6) is 0 Å². The molecule has 5 heteroatoms. The van der Waals surface area contributed by atoms with E-state index in [-0.39, 0.29) is 0 Å². The lowest BCUT2D eigenvalue weighted by Crippen LogP contribution is -2.26. The maximum Gasteiger partial charge on any atom is 0.147 e. The van der Waals surface area contributed by atoms with Crippen molar-refractivity contribution in [2.24, 2.45) is 0 Å². The number of likely N-dealkylation sites (tertiary alicyclic amines) is 1. The van der Waals surface area contributed by atoms with Crippen LogP contribution in [-0.4, -0.2) is 37.9 Å². The number of aromatic amines is 1. The first-order chi connectivity index (χ1) is 13.1. The summed E-state index contributed by atoms with van der Waals surface area (Å²) in [4.78, 5) is 5.81. The maximum atomic E-state index is 11.9. The average Bonchev–Trinajstić information content (AvgIpc) is 3.27. The average molecular weight is 383 g/mol. The van der Waals surface area contributed by atoms with Crippen LogP contribution in [0, 0.1) is 0 Å². The van der Waals surface area contributed by atoms with Gasteiger partial charge in [-0.3, -0.25) is 0 Å². The van der Waals surface area contributed by atoms with Crippen LogP contribution < -0.4 is 0 Å². The normalized spacial score (nSPS) is 19.1. The minimum atomic E-state index is -2.53. The van der Waals surface area contributed by atoms with Gasteiger partial charge in [-0.25, -0.2) is 8.42 Å². The Hall–Kier alpha value is -2.11. The monoisotopic (exact) mass is 382 g/mol. The largest absolute Gasteiger partial charge is 0.361 e. The summed E-state index contributed by atoms with van der Waals surface area (Å²) >= 11 is 0. The van der Waals surface area contributed by atoms with Gasteiger partial charge in [-0.1, -0.05) is 36.4 Å². The molecule has 1 aromatic heterocycles. The zero-order valence-electron chi connectivity index (χ0n) is 15.6. The summed E-state index contributed by atoms with van der Waals surface area (Å²) in [6, 6.07) is 16.4. The topological polar surface area (TPSA) is 53.2 Å². The minimum absolute atomic E-state index is 0.484. The van der Waals surface area contributed by atoms with Crippen molar-refractivity contribution in [1.29, 1.82) is 0 Å². The summed E-state index contributed by atoms with van der Waals surface area (Å²) < 4.78 is 23.8. The lowest BCUT2D eigenvalue weighted by Gasteiger charge is -2.19. The fourth-order valence-corrected chi connectivity index (χ4v) is 5.00. The van der Waals surface area contributed by atoms with Crippen LogP contribution in [0.1, 0.15) is 34.8 Å². The smallest absolute Gasteiger partial charge is 0.147 e. The van der Waals surface area contributed by atoms with E-state index in [2.05, 4.69) is 35.3 Å². The molecule has 142 valence electrons. The van der Waals surface area contributed by atoms with Crippen molar-refractivity contribution < 1.29 is 8.42 Å². The molecule has 2 aromatic carbocycles. The highest BCUT2D eigenvalue weighted by atomic mass is 32.2. The van der Waals surface area contributed by atoms with E-state index in [0.717, 1.165) is 23.1 Å². The molecule has 1 aliphatic rings. The molecule has 27 heavy (non-hydrogen) atoms. The molecule has 1 saturated heterocycles. The van der Waals surface area contributed by atoms with Crippen molar-refractivity contribution in [3.05, 3.63) is 71.4 Å². The quantitative estimate of drug-likeness (QED) is 0.639. The van der Waals surface area contributed by atoms with Gasteiger partial charge in [0.05, 0.1) is 5.25 Å². The van der Waals surface area contributed by atoms with Crippen molar-refractivity contribution in [3.8, 4) is 0 Å². The Labute approximate surface area is 162 Å². The summed E-state index contributed by atoms with van der Waals surface area (Å²) in [7, 11) is -0.333. The number of nitrogens with one attached hydrogen (secondary N) is 1. The molecule has 0 radical (unpaired) electrons. The number of H-pyrrole nitrogens is 1. The zero-order chi connectivity index (χ0) is 18.8. The predicted octanol–water partition coefficient (Wildman–Crippen LogP) is 3.70. The van der Waals surface area contributed by atoms with Gasteiger partial charge in [0.15, 0.2) is 0 Å². The van der Waals surface area contributed by atoms with Gasteiger partial charge in [0.2, 0.25) is 0 Å². The van der Waals surface area contributed by atoms with E-state index in [0.29, 0.717) is 12.5 Å². The summed E-state index contributed by atoms with van der Waals surface area (Å²) in [6.45, 7) is 1.17. The Morgan fingerprint density at radius 2 is 2.00 bits per heavy atom. The second kappa shape index (κ2) is 7.87. The lowest BCUT2D eigenvalue weighted by molar-refractivity contribution is 0.310. The van der Waals surface area contributed by atoms with Crippen LogP contribution in [0.2, 0.25) is 0 Å². The van der Waals surface area contributed by atoms with E-state index in [1.165, 1.54) is 30.3 Å². The number of aromatic nitrogens is 1. The Balaban J connectivity index is 1.61. The van der Waals surface area contributed by atoms with Crippen molar-refractivity contribution >= 4 is 21.6 Å². The van der Waals surface area contributed by atoms with Crippen LogP contribution in [0.4, 0.5) is 0 Å². The molecule has 2 atom stereocenters. The number of nitrogens with zero attached hydrogens (tertiary/aromatic N) is 1. The molecule has 2 heterocycles. The molecule has 4 rings (SSSR count). The van der Waals surface area contributed by atoms with E-state index in [4.69, 9.17) is 0 Å². The van der Waals surface area contributed by atoms with Crippen LogP contribution >= 0.6 is 0 Å². The molecule has 0 spiro atoms. The van der Waals surface area contributed by atoms with E-state index < -0.39 is 16.0 Å². The fourth-order valence-electron chi connectivity index (χ4n) is 4.22. The predicted molar refractivity (Wildman–Crippen MR) is 111 cm³/mol. The van der Waals surface area contributed by atoms with Gasteiger partial charge in [-0.05, 0) is 68.1 Å². The van der Waals surface area contributed by atoms with Gasteiger partial charge in [0.25, 0.3) is 0 Å². The van der Waals surface area contributed by atoms with E-state index in [1.54, 1.807) is 0 Å². The van der Waals surface area contributed by atoms with Crippen molar-refractivity contribution in [2.75, 3.05) is 13.6 Å². The highest BCUT2D eigenvalue weighted by Crippen LogP contribution is 2.28. The van der Waals surface area contributed by atoms with E-state index in [1.807, 2.05) is 36.4 Å². The summed E-state index contributed by atoms with van der Waals surface area (Å²) in [5, 5.41) is 0.739. The Morgan fingerprint density at radius 1 is 1.19 bits per heavy atom. The third kappa shape index (κ3) is 3.94. The molecule has 0 saturated carbocycles. The number of fused-ring (bicyclic) bond motifs is 1. The number of hydrogen-bond acceptors (Lipinski definition) is 3. The third-order valence-electron chi connectivity index (χ3n) is 5.83. The third-order valence-corrected chi connectivity index (χ3v) is 6.82. The standard InChI is InChI=1S/C22H26N2O2S/c1-24-11-5-8-19(24)14-18-15-23-21-10-9-16(12-20(18)21)13-22(27(25)26)17-6-3-2-4-7-17/h2-4,6-7,9-10,12,15,19,22-23,27H,5,8,11,13-14H2,1H3/t19-,22-/m1/s1. The number of benzene rings is 2. The highest BCUT2D eigenvalue weighted by molar-refractivity contribution is 7.72. The molecule has 1 N–H and O–H groups in total. The van der Waals surface area contributed by atoms with E-state index in [9.17, 15) is 8.42 Å². The molecule has 4 nitrogen and oxygen atoms in total. The van der Waals surface area contributed by atoms with Crippen LogP contribution in [-0.2, 0) is 23.5 Å². The molecule has 0 bridgehead atoms. The van der Waals surface area contributed by atoms with Gasteiger partial charge in [-0.2, -0.15) is 0 Å². The number of rotatable bonds is 6. The summed E-state index contributed by atoms with van der Waals surface area (Å²) in [5.41, 5.74) is 4.37. The Bertz CT molecular complexity index is 986. The Kier molecular flexibility index (Phi) is 5.32. The van der Waals surface area contributed by atoms with Gasteiger partial charge in [-0.15, -0.1) is 0 Å². The lowest BCUT2D eigenvalue weighted by atomic mass is 9.99. The molecule has 1 fully saturated rings. The first-order valence-electron chi connectivity index (χ1n) is 9.59. The molecule has 3 aromatic rings. The minimum Gasteiger partial charge on any atom is -0.361 e. The van der Waals surface area contributed by atoms with Crippen LogP contribution in [0.3, 0.4) is 0 Å². The zero-order valence-corrected chi connectivity index (χ0v) is 16.5. The van der Waals surface area contributed by atoms with Crippen molar-refractivity contribution in [2.45, 2.75) is 37.0 Å². The van der Waals surface area contributed by atoms with Gasteiger partial charge in [0, 0.05) is 23.1 Å². The Morgan fingerprint density at radius 3 is 2.70 bits per heavy atom. The molecule has 0 unspecified atom stereocenters. The first-order valence-corrected chi connectivity index (χ1v) is 10.8. The number of likely N-dealkylation sites (N-methyl/N-ethyl adjacent to an activating group) is 1. The van der Waals surface area contributed by atoms with Gasteiger partial charge < -0.3 is 9.88 Å². The molecule has 0 amide bonds. The van der Waals surface area contributed by atoms with Crippen molar-refractivity contribution in [3.63, 3.8) is 0 Å². The molecular formula is C22H26N2O2S. The number of hydrogen-bond donors (Lipinski definition) is 2. The van der Waals surface area contributed by atoms with E-state index >= 15 is 0 Å². The summed E-state index contributed by atoms with van der Waals surface area (Å²) in [5.74, 6) is 0. The SMILES string of the molecule is CN1CCC[C@@H]1Cc1c[nH]c2ccc(C[C@H](c3ccccc3)[SH](=O)=O)cc12. The second-order valence-corrected chi connectivity index (χ2v) is 8.78. The maximum absolute atomic E-state index is 11.9. The highest BCUT2D eigenvalue weighted by Gasteiger charge is 2.22. The second-order valence-electron chi connectivity index (χ2n) is 7.59. The summed E-state index contributed by atoms with van der Waals surface area (Å²) in [6.07, 6.45) is 6.17. The molecular weight excluding hydrogens is 356 g/mol. The van der Waals surface area contributed by atoms with Crippen LogP contribution in [0.25, 0.3) is 10.9 Å². The van der Waals surface area contributed by atoms with Crippen LogP contribution in [0.15, 0.2) is 54.7 Å². The molecule has 1 aliphatic heterocycles. The van der Waals surface area contributed by atoms with Crippen molar-refractivity contribution in [1.82, 2.24) is 9.88 Å².